The maximum atomic E-state index is 11.9. The Morgan fingerprint density at radius 2 is 2.20 bits per heavy atom. The lowest BCUT2D eigenvalue weighted by atomic mass is 10.1. The number of benzene rings is 1. The number of alkyl halides is 2. The standard InChI is InChI=1S/C10H9ClF2O2/c1-6(14)7-3-2-4-8(11)10(7)15-5-9(12)13/h2-4,9H,5H2,1H3. The first-order valence-corrected chi connectivity index (χ1v) is 4.60. The van der Waals surface area contributed by atoms with Crippen molar-refractivity contribution in [2.24, 2.45) is 0 Å². The van der Waals surface area contributed by atoms with Gasteiger partial charge in [-0.1, -0.05) is 17.7 Å². The summed E-state index contributed by atoms with van der Waals surface area (Å²) in [5, 5.41) is 0.156. The first-order valence-electron chi connectivity index (χ1n) is 4.22. The van der Waals surface area contributed by atoms with Gasteiger partial charge in [-0.25, -0.2) is 8.78 Å². The Balaban J connectivity index is 2.97. The summed E-state index contributed by atoms with van der Waals surface area (Å²) in [5.41, 5.74) is 0.211. The molecule has 0 N–H and O–H groups in total. The number of carbonyl (C=O) groups is 1. The van der Waals surface area contributed by atoms with Crippen LogP contribution in [0.2, 0.25) is 5.02 Å². The number of rotatable bonds is 4. The number of ketones is 1. The minimum Gasteiger partial charge on any atom is -0.485 e. The highest BCUT2D eigenvalue weighted by atomic mass is 35.5. The molecule has 0 bridgehead atoms. The normalized spacial score (nSPS) is 10.5. The van der Waals surface area contributed by atoms with Crippen LogP contribution in [-0.2, 0) is 0 Å². The molecule has 0 amide bonds. The van der Waals surface area contributed by atoms with Crippen LogP contribution in [0.25, 0.3) is 0 Å². The highest BCUT2D eigenvalue weighted by Gasteiger charge is 2.13. The molecule has 0 heterocycles. The van der Waals surface area contributed by atoms with E-state index in [9.17, 15) is 13.6 Å². The fraction of sp³-hybridized carbons (Fsp3) is 0.300. The fourth-order valence-electron chi connectivity index (χ4n) is 1.08. The van der Waals surface area contributed by atoms with Crippen LogP contribution < -0.4 is 4.74 Å². The zero-order chi connectivity index (χ0) is 11.4. The van der Waals surface area contributed by atoms with Crippen molar-refractivity contribution in [3.63, 3.8) is 0 Å². The summed E-state index contributed by atoms with van der Waals surface area (Å²) < 4.78 is 28.7. The molecule has 0 saturated heterocycles. The molecule has 0 atom stereocenters. The lowest BCUT2D eigenvalue weighted by Crippen LogP contribution is -2.09. The van der Waals surface area contributed by atoms with Crippen molar-refractivity contribution in [1.29, 1.82) is 0 Å². The molecule has 0 unspecified atom stereocenters. The second-order valence-corrected chi connectivity index (χ2v) is 3.28. The Morgan fingerprint density at radius 3 is 2.73 bits per heavy atom. The van der Waals surface area contributed by atoms with E-state index >= 15 is 0 Å². The smallest absolute Gasteiger partial charge is 0.272 e. The molecular weight excluding hydrogens is 226 g/mol. The maximum absolute atomic E-state index is 11.9. The predicted octanol–water partition coefficient (Wildman–Crippen LogP) is 3.19. The molecular formula is C10H9ClF2O2. The van der Waals surface area contributed by atoms with Crippen LogP contribution in [0.5, 0.6) is 5.75 Å². The van der Waals surface area contributed by atoms with Gasteiger partial charge in [0.2, 0.25) is 0 Å². The van der Waals surface area contributed by atoms with E-state index in [1.807, 2.05) is 0 Å². The van der Waals surface area contributed by atoms with Gasteiger partial charge in [0.25, 0.3) is 6.43 Å². The zero-order valence-electron chi connectivity index (χ0n) is 7.97. The van der Waals surface area contributed by atoms with Crippen molar-refractivity contribution < 1.29 is 18.3 Å². The molecule has 0 radical (unpaired) electrons. The molecule has 5 heteroatoms. The lowest BCUT2D eigenvalue weighted by molar-refractivity contribution is 0.0803. The van der Waals surface area contributed by atoms with Gasteiger partial charge in [0.05, 0.1) is 10.6 Å². The van der Waals surface area contributed by atoms with Crippen LogP contribution in [0, 0.1) is 0 Å². The molecule has 0 aliphatic rings. The van der Waals surface area contributed by atoms with Crippen LogP contribution in [0.4, 0.5) is 8.78 Å². The largest absolute Gasteiger partial charge is 0.485 e. The number of hydrogen-bond acceptors (Lipinski definition) is 2. The van der Waals surface area contributed by atoms with Crippen LogP contribution in [-0.4, -0.2) is 18.8 Å². The molecule has 15 heavy (non-hydrogen) atoms. The van der Waals surface area contributed by atoms with Crippen LogP contribution >= 0.6 is 11.6 Å². The molecule has 0 saturated carbocycles. The van der Waals surface area contributed by atoms with Crippen molar-refractivity contribution in [3.8, 4) is 5.75 Å². The highest BCUT2D eigenvalue weighted by Crippen LogP contribution is 2.29. The van der Waals surface area contributed by atoms with Gasteiger partial charge in [0.1, 0.15) is 12.4 Å². The molecule has 0 aromatic heterocycles. The Hall–Kier alpha value is -1.16. The van der Waals surface area contributed by atoms with Crippen molar-refractivity contribution in [2.75, 3.05) is 6.61 Å². The summed E-state index contributed by atoms with van der Waals surface area (Å²) in [6.07, 6.45) is -2.60. The quantitative estimate of drug-likeness (QED) is 0.748. The molecule has 0 spiro atoms. The van der Waals surface area contributed by atoms with E-state index in [-0.39, 0.29) is 22.1 Å². The molecule has 1 aromatic rings. The Labute approximate surface area is 90.8 Å². The highest BCUT2D eigenvalue weighted by molar-refractivity contribution is 6.32. The SMILES string of the molecule is CC(=O)c1cccc(Cl)c1OCC(F)F. The second-order valence-electron chi connectivity index (χ2n) is 2.87. The van der Waals surface area contributed by atoms with Crippen molar-refractivity contribution >= 4 is 17.4 Å². The Bertz CT molecular complexity index is 366. The predicted molar refractivity (Wildman–Crippen MR) is 53.0 cm³/mol. The van der Waals surface area contributed by atoms with Gasteiger partial charge in [-0.3, -0.25) is 4.79 Å². The van der Waals surface area contributed by atoms with E-state index in [0.29, 0.717) is 0 Å². The fourth-order valence-corrected chi connectivity index (χ4v) is 1.31. The summed E-state index contributed by atoms with van der Waals surface area (Å²) in [4.78, 5) is 11.1. The van der Waals surface area contributed by atoms with E-state index in [4.69, 9.17) is 16.3 Å². The third kappa shape index (κ3) is 3.16. The molecule has 1 rings (SSSR count). The van der Waals surface area contributed by atoms with Crippen molar-refractivity contribution in [2.45, 2.75) is 13.3 Å². The number of ether oxygens (including phenoxy) is 1. The molecule has 82 valence electrons. The molecule has 1 aromatic carbocycles. The monoisotopic (exact) mass is 234 g/mol. The topological polar surface area (TPSA) is 26.3 Å². The number of Topliss-reactive ketones (excluding diaryl/α,β-unsaturated/α-hetero) is 1. The number of carbonyl (C=O) groups excluding carboxylic acids is 1. The second kappa shape index (κ2) is 5.07. The van der Waals surface area contributed by atoms with Gasteiger partial charge in [-0.2, -0.15) is 0 Å². The van der Waals surface area contributed by atoms with Crippen molar-refractivity contribution in [3.05, 3.63) is 28.8 Å². The Morgan fingerprint density at radius 1 is 1.53 bits per heavy atom. The van der Waals surface area contributed by atoms with E-state index in [1.54, 1.807) is 6.07 Å². The summed E-state index contributed by atoms with van der Waals surface area (Å²) in [6.45, 7) is 0.547. The average molecular weight is 235 g/mol. The van der Waals surface area contributed by atoms with E-state index in [2.05, 4.69) is 0 Å². The van der Waals surface area contributed by atoms with Crippen LogP contribution in [0.1, 0.15) is 17.3 Å². The maximum Gasteiger partial charge on any atom is 0.272 e. The first-order chi connectivity index (χ1) is 7.02. The minimum absolute atomic E-state index is 0.0203. The first kappa shape index (κ1) is 11.9. The molecule has 0 aliphatic carbocycles. The average Bonchev–Trinajstić information content (AvgIpc) is 2.15. The number of halogens is 3. The van der Waals surface area contributed by atoms with Gasteiger partial charge >= 0.3 is 0 Å². The van der Waals surface area contributed by atoms with Gasteiger partial charge in [0.15, 0.2) is 5.78 Å². The summed E-state index contributed by atoms with van der Waals surface area (Å²) in [5.74, 6) is -0.256. The number of para-hydroxylation sites is 1. The van der Waals surface area contributed by atoms with E-state index < -0.39 is 13.0 Å². The van der Waals surface area contributed by atoms with Crippen LogP contribution in [0.3, 0.4) is 0 Å². The van der Waals surface area contributed by atoms with Gasteiger partial charge in [0, 0.05) is 0 Å². The van der Waals surface area contributed by atoms with E-state index in [0.717, 1.165) is 0 Å². The molecule has 0 fully saturated rings. The van der Waals surface area contributed by atoms with Gasteiger partial charge in [-0.15, -0.1) is 0 Å². The van der Waals surface area contributed by atoms with Crippen molar-refractivity contribution in [1.82, 2.24) is 0 Å². The minimum atomic E-state index is -2.60. The third-order valence-electron chi connectivity index (χ3n) is 1.70. The van der Waals surface area contributed by atoms with E-state index in [1.165, 1.54) is 19.1 Å². The summed E-state index contributed by atoms with van der Waals surface area (Å²) >= 11 is 5.73. The summed E-state index contributed by atoms with van der Waals surface area (Å²) in [6, 6.07) is 4.53. The number of hydrogen-bond donors (Lipinski definition) is 0. The Kier molecular flexibility index (Phi) is 4.03. The lowest BCUT2D eigenvalue weighted by Gasteiger charge is -2.10. The van der Waals surface area contributed by atoms with Crippen LogP contribution in [0.15, 0.2) is 18.2 Å². The van der Waals surface area contributed by atoms with Gasteiger partial charge in [-0.05, 0) is 19.1 Å². The third-order valence-corrected chi connectivity index (χ3v) is 2.00. The molecule has 2 nitrogen and oxygen atoms in total. The van der Waals surface area contributed by atoms with Gasteiger partial charge < -0.3 is 4.74 Å². The molecule has 0 aliphatic heterocycles. The summed E-state index contributed by atoms with van der Waals surface area (Å²) in [7, 11) is 0. The zero-order valence-corrected chi connectivity index (χ0v) is 8.72.